The molecule has 6 N–H and O–H groups in total. The minimum absolute atomic E-state index is 0.0612. The maximum Gasteiger partial charge on any atom is 0.351 e. The summed E-state index contributed by atoms with van der Waals surface area (Å²) in [4.78, 5) is 41.6. The number of hydrogen-bond acceptors (Lipinski definition) is 10. The molecular weight excluding hydrogens is 446 g/mol. The second-order valence-corrected chi connectivity index (χ2v) is 9.32. The minimum Gasteiger partial charge on any atom is -0.508 e. The zero-order valence-corrected chi connectivity index (χ0v) is 19.2. The lowest BCUT2D eigenvalue weighted by molar-refractivity contribution is -0.169. The van der Waals surface area contributed by atoms with E-state index in [4.69, 9.17) is 10.5 Å². The van der Waals surface area contributed by atoms with Crippen molar-refractivity contribution in [2.45, 2.75) is 24.5 Å². The van der Waals surface area contributed by atoms with Gasteiger partial charge in [0, 0.05) is 31.6 Å². The van der Waals surface area contributed by atoms with Gasteiger partial charge in [0.1, 0.15) is 11.3 Å². The number of likely N-dealkylation sites (N-methyl/N-ethyl adjacent to an activating group) is 1. The molecule has 11 heteroatoms. The number of rotatable bonds is 3. The van der Waals surface area contributed by atoms with Crippen molar-refractivity contribution in [3.63, 3.8) is 0 Å². The minimum atomic E-state index is -2.75. The van der Waals surface area contributed by atoms with Crippen molar-refractivity contribution in [3.05, 3.63) is 40.4 Å². The number of phenols is 1. The number of anilines is 1. The Morgan fingerprint density at radius 2 is 1.79 bits per heavy atom. The first kappa shape index (κ1) is 23.6. The summed E-state index contributed by atoms with van der Waals surface area (Å²) in [6.45, 7) is 0. The SMILES string of the molecule is CN(C)c1ccc(O)c2c1C[C@H]1C[C@H]3[C@H](N(C)C)C(=O)C(C(N)=O)=C(O)[C@@]3(O)C(=O)OC1=C2O. The summed E-state index contributed by atoms with van der Waals surface area (Å²) in [5.41, 5.74) is 3.08. The molecule has 2 aliphatic carbocycles. The molecule has 0 aromatic heterocycles. The Kier molecular flexibility index (Phi) is 5.37. The van der Waals surface area contributed by atoms with Gasteiger partial charge in [-0.15, -0.1) is 0 Å². The van der Waals surface area contributed by atoms with E-state index in [1.165, 1.54) is 25.1 Å². The predicted octanol–water partition coefficient (Wildman–Crippen LogP) is -0.0384. The summed E-state index contributed by atoms with van der Waals surface area (Å²) in [6, 6.07) is 1.91. The summed E-state index contributed by atoms with van der Waals surface area (Å²) < 4.78 is 5.41. The van der Waals surface area contributed by atoms with E-state index in [0.29, 0.717) is 11.3 Å². The Balaban J connectivity index is 1.94. The van der Waals surface area contributed by atoms with Crippen LogP contribution in [0.1, 0.15) is 17.5 Å². The summed E-state index contributed by atoms with van der Waals surface area (Å²) in [5.74, 6) is -7.42. The van der Waals surface area contributed by atoms with E-state index in [-0.39, 0.29) is 29.9 Å². The molecule has 1 heterocycles. The van der Waals surface area contributed by atoms with E-state index in [0.717, 1.165) is 0 Å². The van der Waals surface area contributed by atoms with Crippen molar-refractivity contribution in [3.8, 4) is 5.75 Å². The maximum atomic E-state index is 13.2. The van der Waals surface area contributed by atoms with Crippen LogP contribution in [0.5, 0.6) is 5.75 Å². The molecule has 0 unspecified atom stereocenters. The highest BCUT2D eigenvalue weighted by Gasteiger charge is 2.63. The molecule has 34 heavy (non-hydrogen) atoms. The van der Waals surface area contributed by atoms with Crippen molar-refractivity contribution in [1.29, 1.82) is 0 Å². The number of nitrogens with zero attached hydrogens (tertiary/aromatic N) is 2. The third-order valence-corrected chi connectivity index (χ3v) is 6.93. The Morgan fingerprint density at radius 3 is 2.35 bits per heavy atom. The van der Waals surface area contributed by atoms with Crippen LogP contribution in [0.4, 0.5) is 5.69 Å². The van der Waals surface area contributed by atoms with Crippen LogP contribution in [0.25, 0.3) is 5.76 Å². The number of aromatic hydroxyl groups is 1. The summed E-state index contributed by atoms with van der Waals surface area (Å²) >= 11 is 0. The largest absolute Gasteiger partial charge is 0.508 e. The number of nitrogens with two attached hydrogens (primary N) is 1. The third kappa shape index (κ3) is 3.07. The van der Waals surface area contributed by atoms with Gasteiger partial charge in [-0.05, 0) is 44.6 Å². The molecule has 4 atom stereocenters. The van der Waals surface area contributed by atoms with Crippen LogP contribution in [0.3, 0.4) is 0 Å². The van der Waals surface area contributed by atoms with E-state index < -0.39 is 58.2 Å². The highest BCUT2D eigenvalue weighted by atomic mass is 16.6. The summed E-state index contributed by atoms with van der Waals surface area (Å²) in [5, 5.41) is 43.7. The highest BCUT2D eigenvalue weighted by molar-refractivity contribution is 6.23. The summed E-state index contributed by atoms with van der Waals surface area (Å²) in [6.07, 6.45) is 0.145. The average molecular weight is 473 g/mol. The van der Waals surface area contributed by atoms with E-state index in [1.807, 2.05) is 0 Å². The van der Waals surface area contributed by atoms with Gasteiger partial charge in [-0.1, -0.05) is 0 Å². The van der Waals surface area contributed by atoms with Crippen LogP contribution in [-0.2, 0) is 25.5 Å². The number of carbonyl (C=O) groups excluding carboxylic acids is 3. The number of aliphatic hydroxyl groups excluding tert-OH is 2. The van der Waals surface area contributed by atoms with Crippen molar-refractivity contribution in [2.75, 3.05) is 33.1 Å². The molecule has 1 amide bonds. The molecule has 1 aromatic carbocycles. The number of phenolic OH excluding ortho intramolecular Hbond substituents is 1. The number of esters is 1. The molecule has 0 spiro atoms. The predicted molar refractivity (Wildman–Crippen MR) is 120 cm³/mol. The van der Waals surface area contributed by atoms with Crippen LogP contribution in [0.15, 0.2) is 29.2 Å². The molecule has 1 saturated heterocycles. The van der Waals surface area contributed by atoms with Gasteiger partial charge in [-0.2, -0.15) is 0 Å². The van der Waals surface area contributed by atoms with Crippen LogP contribution in [0, 0.1) is 11.8 Å². The Bertz CT molecular complexity index is 1180. The van der Waals surface area contributed by atoms with Gasteiger partial charge >= 0.3 is 5.97 Å². The first-order chi connectivity index (χ1) is 15.8. The average Bonchev–Trinajstić information content (AvgIpc) is 2.83. The maximum absolute atomic E-state index is 13.2. The fourth-order valence-electron chi connectivity index (χ4n) is 5.40. The van der Waals surface area contributed by atoms with Gasteiger partial charge in [-0.25, -0.2) is 4.79 Å². The second kappa shape index (κ2) is 7.74. The van der Waals surface area contributed by atoms with E-state index in [1.54, 1.807) is 25.1 Å². The molecule has 1 aliphatic heterocycles. The number of amides is 1. The lowest BCUT2D eigenvalue weighted by Gasteiger charge is -2.43. The second-order valence-electron chi connectivity index (χ2n) is 9.32. The van der Waals surface area contributed by atoms with Crippen molar-refractivity contribution >= 4 is 29.1 Å². The number of allylic oxidation sites excluding steroid dienone is 1. The number of benzene rings is 1. The Hall–Kier alpha value is -3.57. The number of aliphatic hydroxyl groups is 3. The first-order valence-electron chi connectivity index (χ1n) is 10.7. The van der Waals surface area contributed by atoms with Crippen molar-refractivity contribution < 1.29 is 39.5 Å². The summed E-state index contributed by atoms with van der Waals surface area (Å²) in [7, 11) is 6.66. The molecule has 1 aromatic rings. The molecule has 11 nitrogen and oxygen atoms in total. The highest BCUT2D eigenvalue weighted by Crippen LogP contribution is 2.51. The number of Topliss-reactive ketones (excluding diaryl/α,β-unsaturated/α-hetero) is 1. The zero-order valence-electron chi connectivity index (χ0n) is 19.2. The molecule has 182 valence electrons. The fourth-order valence-corrected chi connectivity index (χ4v) is 5.40. The Labute approximate surface area is 195 Å². The number of ether oxygens (including phenoxy) is 1. The lowest BCUT2D eigenvalue weighted by Crippen LogP contribution is -2.62. The molecule has 0 bridgehead atoms. The lowest BCUT2D eigenvalue weighted by atomic mass is 9.67. The standard InChI is InChI=1S/C23H27N3O8/c1-25(2)12-5-6-13(27)14-10(12)7-9-8-11-16(26(3)4)17(28)15(21(24)31)20(30)23(11,33)22(32)34-19(9)18(14)29/h5-6,9,11,16,27,29-30,33H,7-8H2,1-4H3,(H2,24,31)/t9-,11-,16-,23+/m0/s1. The van der Waals surface area contributed by atoms with Crippen LogP contribution >= 0.6 is 0 Å². The molecule has 0 radical (unpaired) electrons. The monoisotopic (exact) mass is 473 g/mol. The van der Waals surface area contributed by atoms with Gasteiger partial charge in [-0.3, -0.25) is 14.5 Å². The normalized spacial score (nSPS) is 28.7. The first-order valence-corrected chi connectivity index (χ1v) is 10.7. The Morgan fingerprint density at radius 1 is 1.15 bits per heavy atom. The van der Waals surface area contributed by atoms with E-state index >= 15 is 0 Å². The molecule has 3 aliphatic rings. The number of carbonyl (C=O) groups is 3. The van der Waals surface area contributed by atoms with E-state index in [2.05, 4.69) is 0 Å². The number of hydrogen-bond donors (Lipinski definition) is 5. The van der Waals surface area contributed by atoms with Gasteiger partial charge in [0.25, 0.3) is 5.91 Å². The van der Waals surface area contributed by atoms with Crippen molar-refractivity contribution in [1.82, 2.24) is 4.90 Å². The molecule has 4 rings (SSSR count). The molecular formula is C23H27N3O8. The van der Waals surface area contributed by atoms with Crippen molar-refractivity contribution in [2.24, 2.45) is 17.6 Å². The van der Waals surface area contributed by atoms with Crippen LogP contribution in [0.2, 0.25) is 0 Å². The van der Waals surface area contributed by atoms with Gasteiger partial charge in [0.2, 0.25) is 5.60 Å². The zero-order chi connectivity index (χ0) is 25.3. The van der Waals surface area contributed by atoms with Gasteiger partial charge in [0.05, 0.1) is 11.6 Å². The van der Waals surface area contributed by atoms with Crippen LogP contribution in [-0.4, -0.2) is 82.8 Å². The molecule has 1 fully saturated rings. The number of fused-ring (bicyclic) bond motifs is 3. The number of ketones is 1. The number of primary amides is 1. The smallest absolute Gasteiger partial charge is 0.351 e. The van der Waals surface area contributed by atoms with Crippen LogP contribution < -0.4 is 10.6 Å². The topological polar surface area (TPSA) is 174 Å². The van der Waals surface area contributed by atoms with Gasteiger partial charge < -0.3 is 35.8 Å². The third-order valence-electron chi connectivity index (χ3n) is 6.93. The molecule has 0 saturated carbocycles. The van der Waals surface area contributed by atoms with Gasteiger partial charge in [0.15, 0.2) is 23.1 Å². The van der Waals surface area contributed by atoms with E-state index in [9.17, 15) is 34.8 Å². The fraction of sp³-hybridized carbons (Fsp3) is 0.435. The quantitative estimate of drug-likeness (QED) is 0.296.